The number of pyridine rings is 1. The van der Waals surface area contributed by atoms with Crippen LogP contribution in [0, 0.1) is 17.5 Å². The number of aromatic amines is 1. The van der Waals surface area contributed by atoms with Gasteiger partial charge in [0, 0.05) is 19.8 Å². The second-order valence-corrected chi connectivity index (χ2v) is 6.43. The standard InChI is InChI=1S/C20H18F3N3O2/c1-11(26(2)20(28)25-9-12-4-3-5-13(21)8-12)15-10-24-19(27)17-14(15)6-7-16(22)18(17)23/h3-8,10-11H,9H2,1-2H3,(H,24,27)(H,25,28). The van der Waals surface area contributed by atoms with Gasteiger partial charge >= 0.3 is 6.03 Å². The summed E-state index contributed by atoms with van der Waals surface area (Å²) in [5.41, 5.74) is 0.305. The summed E-state index contributed by atoms with van der Waals surface area (Å²) in [6.07, 6.45) is 1.38. The number of carbonyl (C=O) groups excluding carboxylic acids is 1. The monoisotopic (exact) mass is 389 g/mol. The molecule has 146 valence electrons. The predicted molar refractivity (Wildman–Crippen MR) is 99.3 cm³/mol. The van der Waals surface area contributed by atoms with Gasteiger partial charge in [-0.3, -0.25) is 4.79 Å². The number of rotatable bonds is 4. The van der Waals surface area contributed by atoms with Gasteiger partial charge in [0.25, 0.3) is 5.56 Å². The Hall–Kier alpha value is -3.29. The maximum atomic E-state index is 14.1. The molecule has 5 nitrogen and oxygen atoms in total. The van der Waals surface area contributed by atoms with E-state index in [0.717, 1.165) is 6.07 Å². The number of halogens is 3. The zero-order valence-corrected chi connectivity index (χ0v) is 15.2. The van der Waals surface area contributed by atoms with E-state index in [4.69, 9.17) is 0 Å². The van der Waals surface area contributed by atoms with Crippen molar-refractivity contribution in [1.82, 2.24) is 15.2 Å². The van der Waals surface area contributed by atoms with E-state index in [2.05, 4.69) is 10.3 Å². The van der Waals surface area contributed by atoms with Gasteiger partial charge in [-0.25, -0.2) is 18.0 Å². The van der Waals surface area contributed by atoms with Crippen molar-refractivity contribution in [2.75, 3.05) is 7.05 Å². The third kappa shape index (κ3) is 3.71. The molecule has 0 fully saturated rings. The minimum atomic E-state index is -1.23. The molecule has 1 atom stereocenters. The second kappa shape index (κ2) is 7.75. The molecule has 0 radical (unpaired) electrons. The number of H-pyrrole nitrogens is 1. The van der Waals surface area contributed by atoms with Crippen LogP contribution in [-0.4, -0.2) is 23.0 Å². The van der Waals surface area contributed by atoms with E-state index in [1.54, 1.807) is 19.1 Å². The first-order valence-corrected chi connectivity index (χ1v) is 8.54. The number of benzene rings is 2. The van der Waals surface area contributed by atoms with E-state index in [1.807, 2.05) is 0 Å². The highest BCUT2D eigenvalue weighted by atomic mass is 19.2. The average Bonchev–Trinajstić information content (AvgIpc) is 2.68. The fourth-order valence-corrected chi connectivity index (χ4v) is 2.99. The molecular formula is C20H18F3N3O2. The molecule has 1 aromatic heterocycles. The number of fused-ring (bicyclic) bond motifs is 1. The van der Waals surface area contributed by atoms with Crippen LogP contribution in [0.4, 0.5) is 18.0 Å². The Balaban J connectivity index is 1.84. The van der Waals surface area contributed by atoms with Gasteiger partial charge in [-0.05, 0) is 41.6 Å². The summed E-state index contributed by atoms with van der Waals surface area (Å²) in [7, 11) is 1.53. The Labute approximate surface area is 158 Å². The van der Waals surface area contributed by atoms with Crippen molar-refractivity contribution in [1.29, 1.82) is 0 Å². The molecule has 0 aliphatic rings. The Kier molecular flexibility index (Phi) is 5.39. The van der Waals surface area contributed by atoms with Crippen molar-refractivity contribution in [3.05, 3.63) is 81.5 Å². The molecule has 3 aromatic rings. The van der Waals surface area contributed by atoms with Gasteiger partial charge < -0.3 is 15.2 Å². The smallest absolute Gasteiger partial charge is 0.317 e. The van der Waals surface area contributed by atoms with Crippen LogP contribution in [0.2, 0.25) is 0 Å². The maximum Gasteiger partial charge on any atom is 0.317 e. The highest BCUT2D eigenvalue weighted by molar-refractivity contribution is 5.86. The van der Waals surface area contributed by atoms with Crippen LogP contribution in [0.3, 0.4) is 0 Å². The molecule has 2 aromatic carbocycles. The summed E-state index contributed by atoms with van der Waals surface area (Å²) >= 11 is 0. The van der Waals surface area contributed by atoms with E-state index in [9.17, 15) is 22.8 Å². The Morgan fingerprint density at radius 1 is 1.21 bits per heavy atom. The van der Waals surface area contributed by atoms with Gasteiger partial charge in [0.1, 0.15) is 5.82 Å². The number of amides is 2. The molecule has 2 amide bonds. The highest BCUT2D eigenvalue weighted by Crippen LogP contribution is 2.27. The number of carbonyl (C=O) groups is 1. The highest BCUT2D eigenvalue weighted by Gasteiger charge is 2.22. The van der Waals surface area contributed by atoms with Crippen molar-refractivity contribution in [3.8, 4) is 0 Å². The number of nitrogens with one attached hydrogen (secondary N) is 2. The summed E-state index contributed by atoms with van der Waals surface area (Å²) < 4.78 is 40.8. The molecule has 8 heteroatoms. The third-order valence-electron chi connectivity index (χ3n) is 4.68. The number of aromatic nitrogens is 1. The molecule has 3 rings (SSSR count). The lowest BCUT2D eigenvalue weighted by atomic mass is 10.0. The molecule has 0 aliphatic carbocycles. The number of nitrogens with zero attached hydrogens (tertiary/aromatic N) is 1. The molecule has 0 saturated heterocycles. The molecule has 1 heterocycles. The van der Waals surface area contributed by atoms with Crippen LogP contribution < -0.4 is 10.9 Å². The van der Waals surface area contributed by atoms with E-state index in [-0.39, 0.29) is 11.9 Å². The molecule has 0 saturated carbocycles. The topological polar surface area (TPSA) is 65.2 Å². The lowest BCUT2D eigenvalue weighted by Crippen LogP contribution is -2.38. The van der Waals surface area contributed by atoms with Crippen molar-refractivity contribution >= 4 is 16.8 Å². The summed E-state index contributed by atoms with van der Waals surface area (Å²) in [6.45, 7) is 1.82. The first-order valence-electron chi connectivity index (χ1n) is 8.54. The molecule has 2 N–H and O–H groups in total. The van der Waals surface area contributed by atoms with Gasteiger partial charge in [-0.15, -0.1) is 0 Å². The summed E-state index contributed by atoms with van der Waals surface area (Å²) in [4.78, 5) is 28.1. The normalized spacial score (nSPS) is 12.0. The van der Waals surface area contributed by atoms with Crippen LogP contribution in [0.25, 0.3) is 10.8 Å². The van der Waals surface area contributed by atoms with Crippen LogP contribution >= 0.6 is 0 Å². The van der Waals surface area contributed by atoms with Crippen LogP contribution in [0.1, 0.15) is 24.1 Å². The zero-order chi connectivity index (χ0) is 20.4. The first kappa shape index (κ1) is 19.5. The van der Waals surface area contributed by atoms with Crippen LogP contribution in [-0.2, 0) is 6.54 Å². The molecule has 1 unspecified atom stereocenters. The van der Waals surface area contributed by atoms with Gasteiger partial charge in [-0.1, -0.05) is 18.2 Å². The van der Waals surface area contributed by atoms with E-state index >= 15 is 0 Å². The lowest BCUT2D eigenvalue weighted by molar-refractivity contribution is 0.194. The quantitative estimate of drug-likeness (QED) is 0.712. The van der Waals surface area contributed by atoms with Crippen molar-refractivity contribution in [2.24, 2.45) is 0 Å². The Morgan fingerprint density at radius 2 is 1.96 bits per heavy atom. The number of hydrogen-bond donors (Lipinski definition) is 2. The van der Waals surface area contributed by atoms with Crippen molar-refractivity contribution in [3.63, 3.8) is 0 Å². The fourth-order valence-electron chi connectivity index (χ4n) is 2.99. The van der Waals surface area contributed by atoms with E-state index in [0.29, 0.717) is 11.1 Å². The van der Waals surface area contributed by atoms with Crippen molar-refractivity contribution < 1.29 is 18.0 Å². The van der Waals surface area contributed by atoms with Crippen LogP contribution in [0.15, 0.2) is 47.4 Å². The van der Waals surface area contributed by atoms with Gasteiger partial charge in [0.2, 0.25) is 0 Å². The molecule has 0 spiro atoms. The minimum Gasteiger partial charge on any atom is -0.334 e. The third-order valence-corrected chi connectivity index (χ3v) is 4.68. The largest absolute Gasteiger partial charge is 0.334 e. The SMILES string of the molecule is CC(c1c[nH]c(=O)c2c(F)c(F)ccc12)N(C)C(=O)NCc1cccc(F)c1. The summed E-state index contributed by atoms with van der Waals surface area (Å²) in [5, 5.41) is 2.50. The molecule has 0 bridgehead atoms. The lowest BCUT2D eigenvalue weighted by Gasteiger charge is -2.26. The predicted octanol–water partition coefficient (Wildman–Crippen LogP) is 3.85. The minimum absolute atomic E-state index is 0.125. The fraction of sp³-hybridized carbons (Fsp3) is 0.200. The summed E-state index contributed by atoms with van der Waals surface area (Å²) in [5.74, 6) is -2.75. The molecule has 28 heavy (non-hydrogen) atoms. The average molecular weight is 389 g/mol. The van der Waals surface area contributed by atoms with E-state index < -0.39 is 40.5 Å². The van der Waals surface area contributed by atoms with Gasteiger partial charge in [-0.2, -0.15) is 0 Å². The van der Waals surface area contributed by atoms with Crippen molar-refractivity contribution in [2.45, 2.75) is 19.5 Å². The maximum absolute atomic E-state index is 14.1. The first-order chi connectivity index (χ1) is 13.3. The van der Waals surface area contributed by atoms with Gasteiger partial charge in [0.05, 0.1) is 11.4 Å². The van der Waals surface area contributed by atoms with Gasteiger partial charge in [0.15, 0.2) is 11.6 Å². The second-order valence-electron chi connectivity index (χ2n) is 6.43. The number of urea groups is 1. The Morgan fingerprint density at radius 3 is 2.68 bits per heavy atom. The summed E-state index contributed by atoms with van der Waals surface area (Å²) in [6, 6.07) is 7.10. The Bertz CT molecular complexity index is 1100. The molecular weight excluding hydrogens is 371 g/mol. The molecule has 0 aliphatic heterocycles. The zero-order valence-electron chi connectivity index (χ0n) is 15.2. The number of hydrogen-bond acceptors (Lipinski definition) is 2. The van der Waals surface area contributed by atoms with Crippen LogP contribution in [0.5, 0.6) is 0 Å². The van der Waals surface area contributed by atoms with E-state index in [1.165, 1.54) is 36.3 Å².